The number of fused-ring (bicyclic) bond motifs is 1. The van der Waals surface area contributed by atoms with Gasteiger partial charge in [0.15, 0.2) is 5.65 Å². The van der Waals surface area contributed by atoms with Gasteiger partial charge in [0.25, 0.3) is 0 Å². The maximum atomic E-state index is 4.73. The molecule has 0 saturated heterocycles. The molecule has 0 radical (unpaired) electrons. The molecule has 114 valence electrons. The molecule has 4 heteroatoms. The molecule has 0 spiro atoms. The molecule has 2 N–H and O–H groups in total. The zero-order chi connectivity index (χ0) is 14.7. The predicted molar refractivity (Wildman–Crippen MR) is 87.7 cm³/mol. The Balaban J connectivity index is 1.67. The summed E-state index contributed by atoms with van der Waals surface area (Å²) in [6.07, 6.45) is 9.38. The number of pyridine rings is 1. The normalized spacial score (nSPS) is 22.6. The highest BCUT2D eigenvalue weighted by atomic mass is 15.0. The Kier molecular flexibility index (Phi) is 4.42. The van der Waals surface area contributed by atoms with Gasteiger partial charge in [-0.15, -0.1) is 0 Å². The van der Waals surface area contributed by atoms with Gasteiger partial charge in [0, 0.05) is 13.0 Å². The second-order valence-corrected chi connectivity index (χ2v) is 6.30. The lowest BCUT2D eigenvalue weighted by Crippen LogP contribution is -2.14. The van der Waals surface area contributed by atoms with E-state index >= 15 is 0 Å². The van der Waals surface area contributed by atoms with E-state index in [0.717, 1.165) is 28.7 Å². The summed E-state index contributed by atoms with van der Waals surface area (Å²) >= 11 is 0. The van der Waals surface area contributed by atoms with Crippen molar-refractivity contribution in [3.63, 3.8) is 0 Å². The highest BCUT2D eigenvalue weighted by Gasteiger charge is 2.24. The van der Waals surface area contributed by atoms with E-state index in [4.69, 9.17) is 4.98 Å². The Hall–Kier alpha value is -1.58. The molecule has 0 aliphatic heterocycles. The van der Waals surface area contributed by atoms with Crippen LogP contribution in [0.3, 0.4) is 0 Å². The van der Waals surface area contributed by atoms with E-state index in [1.807, 2.05) is 13.1 Å². The van der Waals surface area contributed by atoms with Gasteiger partial charge in [-0.25, -0.2) is 9.97 Å². The van der Waals surface area contributed by atoms with E-state index in [2.05, 4.69) is 28.3 Å². The van der Waals surface area contributed by atoms with Crippen LogP contribution in [0.15, 0.2) is 12.1 Å². The average Bonchev–Trinajstić information content (AvgIpc) is 2.96. The van der Waals surface area contributed by atoms with Crippen LogP contribution in [0, 0.1) is 5.92 Å². The first-order valence-electron chi connectivity index (χ1n) is 8.34. The number of hydrogen-bond donors (Lipinski definition) is 2. The molecule has 1 aliphatic rings. The zero-order valence-electron chi connectivity index (χ0n) is 13.2. The summed E-state index contributed by atoms with van der Waals surface area (Å²) in [4.78, 5) is 12.7. The second-order valence-electron chi connectivity index (χ2n) is 6.30. The second kappa shape index (κ2) is 6.46. The van der Waals surface area contributed by atoms with E-state index < -0.39 is 0 Å². The quantitative estimate of drug-likeness (QED) is 0.853. The van der Waals surface area contributed by atoms with Crippen LogP contribution in [0.1, 0.15) is 63.6 Å². The van der Waals surface area contributed by atoms with Gasteiger partial charge in [-0.05, 0) is 43.7 Å². The number of unbranched alkanes of at least 4 members (excludes halogenated alkanes) is 1. The van der Waals surface area contributed by atoms with Crippen LogP contribution in [0.4, 0.5) is 5.82 Å². The van der Waals surface area contributed by atoms with E-state index in [-0.39, 0.29) is 0 Å². The lowest BCUT2D eigenvalue weighted by molar-refractivity contribution is 0.299. The Morgan fingerprint density at radius 3 is 2.71 bits per heavy atom. The topological polar surface area (TPSA) is 53.6 Å². The van der Waals surface area contributed by atoms with Crippen LogP contribution < -0.4 is 5.32 Å². The summed E-state index contributed by atoms with van der Waals surface area (Å²) in [6, 6.07) is 4.06. The number of nitrogens with zero attached hydrogens (tertiary/aromatic N) is 2. The van der Waals surface area contributed by atoms with Crippen LogP contribution in [-0.4, -0.2) is 22.0 Å². The fraction of sp³-hybridized carbons (Fsp3) is 0.647. The monoisotopic (exact) mass is 286 g/mol. The number of hydrogen-bond acceptors (Lipinski definition) is 3. The Labute approximate surface area is 126 Å². The third kappa shape index (κ3) is 3.20. The molecule has 1 fully saturated rings. The molecule has 4 nitrogen and oxygen atoms in total. The minimum atomic E-state index is 0.593. The first-order chi connectivity index (χ1) is 10.3. The molecule has 2 aromatic heterocycles. The number of anilines is 1. The first kappa shape index (κ1) is 14.4. The number of aromatic amines is 1. The third-order valence-electron chi connectivity index (χ3n) is 4.82. The molecule has 2 aromatic rings. The molecule has 1 aliphatic carbocycles. The van der Waals surface area contributed by atoms with Gasteiger partial charge in [-0.1, -0.05) is 26.2 Å². The predicted octanol–water partition coefficient (Wildman–Crippen LogP) is 4.46. The van der Waals surface area contributed by atoms with Gasteiger partial charge in [0.05, 0.1) is 5.52 Å². The molecule has 0 bridgehead atoms. The maximum absolute atomic E-state index is 4.73. The highest BCUT2D eigenvalue weighted by Crippen LogP contribution is 2.37. The molecule has 0 atom stereocenters. The fourth-order valence-electron chi connectivity index (χ4n) is 3.46. The molecule has 0 unspecified atom stereocenters. The number of nitrogens with one attached hydrogen (secondary N) is 2. The molecule has 21 heavy (non-hydrogen) atoms. The molecule has 0 aromatic carbocycles. The first-order valence-corrected chi connectivity index (χ1v) is 8.34. The van der Waals surface area contributed by atoms with Gasteiger partial charge >= 0.3 is 0 Å². The van der Waals surface area contributed by atoms with Crippen LogP contribution >= 0.6 is 0 Å². The Morgan fingerprint density at radius 2 is 2.00 bits per heavy atom. The van der Waals surface area contributed by atoms with Crippen molar-refractivity contribution < 1.29 is 0 Å². The van der Waals surface area contributed by atoms with Crippen molar-refractivity contribution in [2.75, 3.05) is 12.4 Å². The number of imidazole rings is 1. The summed E-state index contributed by atoms with van der Waals surface area (Å²) in [7, 11) is 1.89. The largest absolute Gasteiger partial charge is 0.373 e. The van der Waals surface area contributed by atoms with Crippen LogP contribution in [0.5, 0.6) is 0 Å². The Morgan fingerprint density at radius 1 is 1.19 bits per heavy atom. The summed E-state index contributed by atoms with van der Waals surface area (Å²) in [5.74, 6) is 3.55. The van der Waals surface area contributed by atoms with Gasteiger partial charge < -0.3 is 10.3 Å². The van der Waals surface area contributed by atoms with Crippen molar-refractivity contribution >= 4 is 17.0 Å². The zero-order valence-corrected chi connectivity index (χ0v) is 13.2. The van der Waals surface area contributed by atoms with Gasteiger partial charge in [0.1, 0.15) is 11.6 Å². The van der Waals surface area contributed by atoms with Crippen molar-refractivity contribution in [3.8, 4) is 0 Å². The van der Waals surface area contributed by atoms with Crippen molar-refractivity contribution in [1.29, 1.82) is 0 Å². The molecule has 3 rings (SSSR count). The third-order valence-corrected chi connectivity index (χ3v) is 4.82. The van der Waals surface area contributed by atoms with Crippen molar-refractivity contribution in [2.45, 2.75) is 57.8 Å². The van der Waals surface area contributed by atoms with E-state index in [9.17, 15) is 0 Å². The molecular formula is C17H26N4. The summed E-state index contributed by atoms with van der Waals surface area (Å²) in [5.41, 5.74) is 1.89. The molecule has 2 heterocycles. The summed E-state index contributed by atoms with van der Waals surface area (Å²) < 4.78 is 0. The van der Waals surface area contributed by atoms with Gasteiger partial charge in [0.2, 0.25) is 0 Å². The van der Waals surface area contributed by atoms with Crippen molar-refractivity contribution in [2.24, 2.45) is 5.92 Å². The minimum Gasteiger partial charge on any atom is -0.373 e. The van der Waals surface area contributed by atoms with Crippen LogP contribution in [0.25, 0.3) is 11.2 Å². The van der Waals surface area contributed by atoms with Crippen LogP contribution in [-0.2, 0) is 0 Å². The molecule has 0 amide bonds. The molecule has 1 saturated carbocycles. The van der Waals surface area contributed by atoms with Crippen molar-refractivity contribution in [3.05, 3.63) is 18.0 Å². The molecular weight excluding hydrogens is 260 g/mol. The average molecular weight is 286 g/mol. The lowest BCUT2D eigenvalue weighted by atomic mass is 9.79. The van der Waals surface area contributed by atoms with E-state index in [0.29, 0.717) is 5.92 Å². The fourth-order valence-corrected chi connectivity index (χ4v) is 3.46. The van der Waals surface area contributed by atoms with E-state index in [1.54, 1.807) is 0 Å². The standard InChI is InChI=1S/C17H26N4/c1-3-4-5-12-6-8-13(9-7-12)16-19-14-10-11-15(18-2)20-17(14)21-16/h10-13H,3-9H2,1-2H3,(H2,18,19,20,21). The minimum absolute atomic E-state index is 0.593. The number of H-pyrrole nitrogens is 1. The summed E-state index contributed by atoms with van der Waals surface area (Å²) in [6.45, 7) is 2.28. The van der Waals surface area contributed by atoms with Crippen LogP contribution in [0.2, 0.25) is 0 Å². The number of aromatic nitrogens is 3. The van der Waals surface area contributed by atoms with Gasteiger partial charge in [-0.2, -0.15) is 0 Å². The SMILES string of the molecule is CCCCC1CCC(c2nc3nc(NC)ccc3[nH]2)CC1. The Bertz CT molecular complexity index is 581. The smallest absolute Gasteiger partial charge is 0.179 e. The van der Waals surface area contributed by atoms with E-state index in [1.165, 1.54) is 44.9 Å². The maximum Gasteiger partial charge on any atom is 0.179 e. The number of rotatable bonds is 5. The summed E-state index contributed by atoms with van der Waals surface area (Å²) in [5, 5.41) is 3.07. The highest BCUT2D eigenvalue weighted by molar-refractivity contribution is 5.73. The lowest BCUT2D eigenvalue weighted by Gasteiger charge is -2.27. The van der Waals surface area contributed by atoms with Gasteiger partial charge in [-0.3, -0.25) is 0 Å². The van der Waals surface area contributed by atoms with Crippen molar-refractivity contribution in [1.82, 2.24) is 15.0 Å².